The lowest BCUT2D eigenvalue weighted by atomic mass is 10.2. The Morgan fingerprint density at radius 1 is 1.32 bits per heavy atom. The Kier molecular flexibility index (Phi) is 5.58. The van der Waals surface area contributed by atoms with E-state index in [0.29, 0.717) is 24.6 Å². The molecule has 0 amide bonds. The molecule has 1 aromatic carbocycles. The summed E-state index contributed by atoms with van der Waals surface area (Å²) in [7, 11) is 1.54. The second-order valence-corrected chi connectivity index (χ2v) is 3.44. The van der Waals surface area contributed by atoms with Crippen LogP contribution in [0.1, 0.15) is 5.56 Å². The minimum Gasteiger partial charge on any atom is -0.406 e. The zero-order valence-electron chi connectivity index (χ0n) is 10.2. The van der Waals surface area contributed by atoms with Gasteiger partial charge in [-0.1, -0.05) is 0 Å². The summed E-state index contributed by atoms with van der Waals surface area (Å²) in [6.07, 6.45) is -4.71. The highest BCUT2D eigenvalue weighted by Gasteiger charge is 2.30. The van der Waals surface area contributed by atoms with Gasteiger partial charge in [-0.25, -0.2) is 5.84 Å². The molecule has 1 aromatic rings. The van der Waals surface area contributed by atoms with E-state index in [1.54, 1.807) is 0 Å². The summed E-state index contributed by atoms with van der Waals surface area (Å²) >= 11 is 0. The maximum Gasteiger partial charge on any atom is 0.573 e. The number of ether oxygens (including phenoxy) is 2. The molecule has 3 N–H and O–H groups in total. The van der Waals surface area contributed by atoms with Gasteiger partial charge < -0.3 is 14.9 Å². The topological polar surface area (TPSA) is 68.9 Å². The van der Waals surface area contributed by atoms with E-state index < -0.39 is 6.36 Å². The predicted molar refractivity (Wildman–Crippen MR) is 63.7 cm³/mol. The maximum absolute atomic E-state index is 12.0. The summed E-state index contributed by atoms with van der Waals surface area (Å²) < 4.78 is 44.5. The van der Waals surface area contributed by atoms with Gasteiger partial charge in [0.05, 0.1) is 13.2 Å². The molecule has 0 aromatic heterocycles. The summed E-state index contributed by atoms with van der Waals surface area (Å²) in [5.74, 6) is 5.35. The number of methoxy groups -OCH3 is 1. The molecule has 0 aliphatic rings. The Balaban J connectivity index is 2.76. The minimum atomic E-state index is -4.71. The quantitative estimate of drug-likeness (QED) is 0.281. The van der Waals surface area contributed by atoms with Gasteiger partial charge in [-0.3, -0.25) is 4.99 Å². The summed E-state index contributed by atoms with van der Waals surface area (Å²) in [5.41, 5.74) is 2.93. The minimum absolute atomic E-state index is 0.301. The highest BCUT2D eigenvalue weighted by Crippen LogP contribution is 2.22. The van der Waals surface area contributed by atoms with Crippen LogP contribution >= 0.6 is 0 Å². The average Bonchev–Trinajstić information content (AvgIpc) is 2.34. The average molecular weight is 277 g/mol. The summed E-state index contributed by atoms with van der Waals surface area (Å²) in [4.78, 5) is 4.10. The fourth-order valence-electron chi connectivity index (χ4n) is 1.28. The monoisotopic (exact) mass is 277 g/mol. The number of nitrogens with two attached hydrogens (primary N) is 1. The van der Waals surface area contributed by atoms with Crippen molar-refractivity contribution in [2.45, 2.75) is 6.36 Å². The first kappa shape index (κ1) is 15.3. The lowest BCUT2D eigenvalue weighted by Crippen LogP contribution is -2.31. The first-order valence-corrected chi connectivity index (χ1v) is 5.32. The lowest BCUT2D eigenvalue weighted by molar-refractivity contribution is -0.274. The third kappa shape index (κ3) is 5.58. The molecule has 19 heavy (non-hydrogen) atoms. The number of hydrogen-bond acceptors (Lipinski definition) is 4. The number of hydrazine groups is 1. The van der Waals surface area contributed by atoms with Gasteiger partial charge in [0.2, 0.25) is 0 Å². The van der Waals surface area contributed by atoms with Gasteiger partial charge in [0.25, 0.3) is 0 Å². The molecule has 0 radical (unpaired) electrons. The van der Waals surface area contributed by atoms with Crippen molar-refractivity contribution in [1.82, 2.24) is 5.43 Å². The standard InChI is InChI=1S/C11H14F3N3O2/c1-18-7-6-16-10(17-15)8-2-4-9(5-3-8)19-11(12,13)14/h2-5H,6-7,15H2,1H3,(H,16,17). The molecular weight excluding hydrogens is 263 g/mol. The Bertz CT molecular complexity index is 418. The van der Waals surface area contributed by atoms with Crippen LogP contribution in [0.2, 0.25) is 0 Å². The second-order valence-electron chi connectivity index (χ2n) is 3.44. The second kappa shape index (κ2) is 6.95. The largest absolute Gasteiger partial charge is 0.573 e. The SMILES string of the molecule is COCCN=C(NN)c1ccc(OC(F)(F)F)cc1. The number of rotatable bonds is 5. The Morgan fingerprint density at radius 2 is 1.95 bits per heavy atom. The molecule has 0 bridgehead atoms. The first-order valence-electron chi connectivity index (χ1n) is 5.32. The van der Waals surface area contributed by atoms with E-state index >= 15 is 0 Å². The third-order valence-electron chi connectivity index (χ3n) is 2.06. The molecule has 0 aliphatic carbocycles. The van der Waals surface area contributed by atoms with Crippen LogP contribution in [0.25, 0.3) is 0 Å². The zero-order valence-corrected chi connectivity index (χ0v) is 10.2. The van der Waals surface area contributed by atoms with Crippen LogP contribution in [-0.4, -0.2) is 32.5 Å². The summed E-state index contributed by atoms with van der Waals surface area (Å²) in [6, 6.07) is 5.22. The number of nitrogens with zero attached hydrogens (tertiary/aromatic N) is 1. The molecule has 0 spiro atoms. The van der Waals surface area contributed by atoms with Gasteiger partial charge >= 0.3 is 6.36 Å². The molecule has 1 rings (SSSR count). The lowest BCUT2D eigenvalue weighted by Gasteiger charge is -2.10. The number of benzene rings is 1. The van der Waals surface area contributed by atoms with E-state index in [4.69, 9.17) is 10.6 Å². The van der Waals surface area contributed by atoms with Crippen molar-refractivity contribution in [3.8, 4) is 5.75 Å². The molecule has 8 heteroatoms. The molecule has 106 valence electrons. The molecule has 0 atom stereocenters. The van der Waals surface area contributed by atoms with Crippen LogP contribution in [-0.2, 0) is 4.74 Å². The molecule has 5 nitrogen and oxygen atoms in total. The van der Waals surface area contributed by atoms with Gasteiger partial charge in [-0.05, 0) is 24.3 Å². The molecular formula is C11H14F3N3O2. The summed E-state index contributed by atoms with van der Waals surface area (Å²) in [5, 5.41) is 0. The van der Waals surface area contributed by atoms with Gasteiger partial charge in [-0.2, -0.15) is 0 Å². The molecule has 0 fully saturated rings. The zero-order chi connectivity index (χ0) is 14.3. The van der Waals surface area contributed by atoms with Crippen molar-refractivity contribution in [2.24, 2.45) is 10.8 Å². The van der Waals surface area contributed by atoms with Crippen LogP contribution in [0.15, 0.2) is 29.3 Å². The van der Waals surface area contributed by atoms with Crippen molar-refractivity contribution in [3.05, 3.63) is 29.8 Å². The summed E-state index contributed by atoms with van der Waals surface area (Å²) in [6.45, 7) is 0.803. The van der Waals surface area contributed by atoms with Crippen LogP contribution in [0.3, 0.4) is 0 Å². The Morgan fingerprint density at radius 3 is 2.42 bits per heavy atom. The fourth-order valence-corrected chi connectivity index (χ4v) is 1.28. The van der Waals surface area contributed by atoms with Crippen molar-refractivity contribution in [3.63, 3.8) is 0 Å². The van der Waals surface area contributed by atoms with Gasteiger partial charge in [-0.15, -0.1) is 13.2 Å². The van der Waals surface area contributed by atoms with Gasteiger partial charge in [0, 0.05) is 12.7 Å². The number of amidine groups is 1. The molecule has 0 saturated carbocycles. The maximum atomic E-state index is 12.0. The van der Waals surface area contributed by atoms with E-state index in [1.165, 1.54) is 31.4 Å². The van der Waals surface area contributed by atoms with Crippen LogP contribution in [0.4, 0.5) is 13.2 Å². The highest BCUT2D eigenvalue weighted by molar-refractivity contribution is 5.98. The number of alkyl halides is 3. The number of aliphatic imine (C=N–C) groups is 1. The van der Waals surface area contributed by atoms with Crippen molar-refractivity contribution in [1.29, 1.82) is 0 Å². The van der Waals surface area contributed by atoms with Crippen molar-refractivity contribution < 1.29 is 22.6 Å². The van der Waals surface area contributed by atoms with Crippen molar-refractivity contribution in [2.75, 3.05) is 20.3 Å². The van der Waals surface area contributed by atoms with E-state index in [2.05, 4.69) is 15.2 Å². The van der Waals surface area contributed by atoms with Gasteiger partial charge in [0.1, 0.15) is 11.6 Å². The van der Waals surface area contributed by atoms with Crippen LogP contribution in [0, 0.1) is 0 Å². The smallest absolute Gasteiger partial charge is 0.406 e. The third-order valence-corrected chi connectivity index (χ3v) is 2.06. The predicted octanol–water partition coefficient (Wildman–Crippen LogP) is 1.44. The van der Waals surface area contributed by atoms with E-state index in [9.17, 15) is 13.2 Å². The highest BCUT2D eigenvalue weighted by atomic mass is 19.4. The van der Waals surface area contributed by atoms with E-state index in [-0.39, 0.29) is 5.75 Å². The fraction of sp³-hybridized carbons (Fsp3) is 0.364. The van der Waals surface area contributed by atoms with Crippen LogP contribution in [0.5, 0.6) is 5.75 Å². The van der Waals surface area contributed by atoms with Crippen LogP contribution < -0.4 is 16.0 Å². The number of nitrogens with one attached hydrogen (secondary N) is 1. The Hall–Kier alpha value is -1.80. The first-order chi connectivity index (χ1) is 8.96. The molecule has 0 unspecified atom stereocenters. The Labute approximate surface area is 108 Å². The van der Waals surface area contributed by atoms with Gasteiger partial charge in [0.15, 0.2) is 0 Å². The van der Waals surface area contributed by atoms with Crippen molar-refractivity contribution >= 4 is 5.84 Å². The molecule has 0 heterocycles. The number of halogens is 3. The van der Waals surface area contributed by atoms with E-state index in [1.807, 2.05) is 0 Å². The normalized spacial score (nSPS) is 12.4. The molecule has 0 aliphatic heterocycles. The van der Waals surface area contributed by atoms with E-state index in [0.717, 1.165) is 0 Å². The molecule has 0 saturated heterocycles. The number of hydrogen-bond donors (Lipinski definition) is 2.